The summed E-state index contributed by atoms with van der Waals surface area (Å²) in [6.07, 6.45) is 0. The number of benzene rings is 2. The third kappa shape index (κ3) is 3.99. The van der Waals surface area contributed by atoms with E-state index in [0.717, 1.165) is 0 Å². The first-order valence-electron chi connectivity index (χ1n) is 6.17. The Hall–Kier alpha value is -2.55. The second-order valence-electron chi connectivity index (χ2n) is 4.23. The third-order valence-corrected chi connectivity index (χ3v) is 2.57. The molecule has 2 rings (SSSR count). The zero-order valence-electron chi connectivity index (χ0n) is 10.8. The zero-order valence-corrected chi connectivity index (χ0v) is 10.8. The van der Waals surface area contributed by atoms with Gasteiger partial charge in [0.2, 0.25) is 5.60 Å². The highest BCUT2D eigenvalue weighted by Crippen LogP contribution is 2.05. The Morgan fingerprint density at radius 3 is 1.55 bits per heavy atom. The minimum absolute atomic E-state index is 0.709. The average Bonchev–Trinajstić information content (AvgIpc) is 2.53. The summed E-state index contributed by atoms with van der Waals surface area (Å²) < 4.78 is 13.0. The Bertz CT molecular complexity index is 612. The van der Waals surface area contributed by atoms with Crippen LogP contribution in [-0.4, -0.2) is 17.4 Å². The molecule has 2 heteroatoms. The molecule has 0 unspecified atom stereocenters. The number of aliphatic hydroxyl groups is 1. The summed E-state index contributed by atoms with van der Waals surface area (Å²) >= 11 is 0. The number of alkyl halides is 1. The Labute approximate surface area is 118 Å². The van der Waals surface area contributed by atoms with Gasteiger partial charge in [0.25, 0.3) is 0 Å². The fourth-order valence-electron chi connectivity index (χ4n) is 1.49. The van der Waals surface area contributed by atoms with Crippen molar-refractivity contribution in [1.82, 2.24) is 0 Å². The fraction of sp³-hybridized carbons (Fsp3) is 0.111. The van der Waals surface area contributed by atoms with E-state index in [-0.39, 0.29) is 0 Å². The van der Waals surface area contributed by atoms with Crippen molar-refractivity contribution >= 4 is 0 Å². The van der Waals surface area contributed by atoms with Crippen LogP contribution in [0, 0.1) is 23.7 Å². The maximum absolute atomic E-state index is 13.0. The number of hydrogen-bond acceptors (Lipinski definition) is 1. The Kier molecular flexibility index (Phi) is 4.56. The van der Waals surface area contributed by atoms with Crippen LogP contribution in [0.1, 0.15) is 11.1 Å². The highest BCUT2D eigenvalue weighted by molar-refractivity contribution is 5.43. The lowest BCUT2D eigenvalue weighted by molar-refractivity contribution is 0.128. The first kappa shape index (κ1) is 13.9. The summed E-state index contributed by atoms with van der Waals surface area (Å²) in [5.74, 6) is 10.4. The van der Waals surface area contributed by atoms with Crippen LogP contribution >= 0.6 is 0 Å². The van der Waals surface area contributed by atoms with Crippen LogP contribution < -0.4 is 0 Å². The van der Waals surface area contributed by atoms with Crippen LogP contribution in [0.4, 0.5) is 4.39 Å². The molecule has 0 spiro atoms. The van der Waals surface area contributed by atoms with Gasteiger partial charge in [0, 0.05) is 11.1 Å². The minimum atomic E-state index is -1.94. The lowest BCUT2D eigenvalue weighted by atomic mass is 10.1. The molecule has 0 saturated carbocycles. The van der Waals surface area contributed by atoms with Crippen LogP contribution in [0.15, 0.2) is 60.7 Å². The molecule has 2 aromatic rings. The quantitative estimate of drug-likeness (QED) is 0.785. The molecule has 2 aromatic carbocycles. The van der Waals surface area contributed by atoms with Gasteiger partial charge in [0.1, 0.15) is 6.67 Å². The molecule has 0 saturated heterocycles. The topological polar surface area (TPSA) is 20.2 Å². The monoisotopic (exact) mass is 264 g/mol. The van der Waals surface area contributed by atoms with Gasteiger partial charge < -0.3 is 5.11 Å². The first-order chi connectivity index (χ1) is 9.72. The zero-order chi connectivity index (χ0) is 14.3. The van der Waals surface area contributed by atoms with Gasteiger partial charge in [-0.2, -0.15) is 0 Å². The van der Waals surface area contributed by atoms with Crippen LogP contribution in [0.25, 0.3) is 0 Å². The Morgan fingerprint density at radius 1 is 0.800 bits per heavy atom. The van der Waals surface area contributed by atoms with E-state index in [1.54, 1.807) is 24.3 Å². The molecule has 0 radical (unpaired) electrons. The SMILES string of the molecule is OC(C#Cc1ccccc1)(C#Cc1ccccc1)CF. The van der Waals surface area contributed by atoms with E-state index in [4.69, 9.17) is 0 Å². The van der Waals surface area contributed by atoms with Gasteiger partial charge in [-0.1, -0.05) is 48.2 Å². The van der Waals surface area contributed by atoms with Crippen molar-refractivity contribution < 1.29 is 9.50 Å². The number of hydrogen-bond donors (Lipinski definition) is 1. The van der Waals surface area contributed by atoms with Crippen LogP contribution in [0.5, 0.6) is 0 Å². The van der Waals surface area contributed by atoms with Gasteiger partial charge >= 0.3 is 0 Å². The van der Waals surface area contributed by atoms with E-state index in [1.807, 2.05) is 36.4 Å². The molecular weight excluding hydrogens is 251 g/mol. The van der Waals surface area contributed by atoms with Crippen LogP contribution in [0.3, 0.4) is 0 Å². The standard InChI is InChI=1S/C18H13FO/c19-15-18(20,13-11-16-7-3-1-4-8-16)14-12-17-9-5-2-6-10-17/h1-10,20H,15H2. The molecule has 0 atom stereocenters. The second-order valence-corrected chi connectivity index (χ2v) is 4.23. The van der Waals surface area contributed by atoms with Crippen molar-refractivity contribution in [3.63, 3.8) is 0 Å². The lowest BCUT2D eigenvalue weighted by Gasteiger charge is -2.09. The van der Waals surface area contributed by atoms with Crippen molar-refractivity contribution in [2.24, 2.45) is 0 Å². The summed E-state index contributed by atoms with van der Waals surface area (Å²) in [6.45, 7) is -1.04. The maximum Gasteiger partial charge on any atom is 0.217 e. The van der Waals surface area contributed by atoms with E-state index >= 15 is 0 Å². The van der Waals surface area contributed by atoms with Gasteiger partial charge in [-0.25, -0.2) is 4.39 Å². The smallest absolute Gasteiger partial charge is 0.217 e. The van der Waals surface area contributed by atoms with E-state index in [2.05, 4.69) is 23.7 Å². The molecule has 0 heterocycles. The number of halogens is 1. The predicted octanol–water partition coefficient (Wildman–Crippen LogP) is 2.79. The molecule has 1 nitrogen and oxygen atoms in total. The van der Waals surface area contributed by atoms with Crippen LogP contribution in [-0.2, 0) is 0 Å². The summed E-state index contributed by atoms with van der Waals surface area (Å²) in [5, 5.41) is 10.0. The van der Waals surface area contributed by atoms with Gasteiger partial charge in [-0.15, -0.1) is 0 Å². The van der Waals surface area contributed by atoms with Crippen molar-refractivity contribution in [1.29, 1.82) is 0 Å². The van der Waals surface area contributed by atoms with Gasteiger partial charge in [0.05, 0.1) is 0 Å². The summed E-state index contributed by atoms with van der Waals surface area (Å²) in [7, 11) is 0. The molecule has 0 bridgehead atoms. The molecule has 0 amide bonds. The summed E-state index contributed by atoms with van der Waals surface area (Å²) in [5.41, 5.74) is -0.520. The van der Waals surface area contributed by atoms with Crippen molar-refractivity contribution in [3.05, 3.63) is 71.8 Å². The van der Waals surface area contributed by atoms with Gasteiger partial charge in [-0.05, 0) is 36.1 Å². The van der Waals surface area contributed by atoms with Crippen molar-refractivity contribution in [2.45, 2.75) is 5.60 Å². The third-order valence-electron chi connectivity index (χ3n) is 2.57. The lowest BCUT2D eigenvalue weighted by Crippen LogP contribution is -2.27. The first-order valence-corrected chi connectivity index (χ1v) is 6.17. The van der Waals surface area contributed by atoms with Crippen molar-refractivity contribution in [3.8, 4) is 23.7 Å². The van der Waals surface area contributed by atoms with Crippen molar-refractivity contribution in [2.75, 3.05) is 6.67 Å². The second kappa shape index (κ2) is 6.57. The molecule has 0 aliphatic heterocycles. The normalized spacial score (nSPS) is 9.90. The fourth-order valence-corrected chi connectivity index (χ4v) is 1.49. The van der Waals surface area contributed by atoms with Crippen LogP contribution in [0.2, 0.25) is 0 Å². The molecule has 98 valence electrons. The highest BCUT2D eigenvalue weighted by atomic mass is 19.1. The van der Waals surface area contributed by atoms with E-state index < -0.39 is 12.3 Å². The van der Waals surface area contributed by atoms with E-state index in [0.29, 0.717) is 11.1 Å². The predicted molar refractivity (Wildman–Crippen MR) is 77.6 cm³/mol. The van der Waals surface area contributed by atoms with E-state index in [1.165, 1.54) is 0 Å². The summed E-state index contributed by atoms with van der Waals surface area (Å²) in [6, 6.07) is 18.2. The van der Waals surface area contributed by atoms with Gasteiger partial charge in [-0.3, -0.25) is 0 Å². The largest absolute Gasteiger partial charge is 0.365 e. The maximum atomic E-state index is 13.0. The molecule has 0 aromatic heterocycles. The summed E-state index contributed by atoms with van der Waals surface area (Å²) in [4.78, 5) is 0. The Balaban J connectivity index is 2.23. The molecule has 0 aliphatic rings. The van der Waals surface area contributed by atoms with E-state index in [9.17, 15) is 9.50 Å². The molecule has 1 N–H and O–H groups in total. The average molecular weight is 264 g/mol. The minimum Gasteiger partial charge on any atom is -0.365 e. The molecule has 0 fully saturated rings. The molecule has 20 heavy (non-hydrogen) atoms. The molecular formula is C18H13FO. The molecule has 0 aliphatic carbocycles. The highest BCUT2D eigenvalue weighted by Gasteiger charge is 2.20. The van der Waals surface area contributed by atoms with Gasteiger partial charge in [0.15, 0.2) is 0 Å². The number of rotatable bonds is 1. The Morgan fingerprint density at radius 2 is 1.20 bits per heavy atom.